The minimum atomic E-state index is -1.00. The number of ketones is 1. The first-order chi connectivity index (χ1) is 11.0. The Bertz CT molecular complexity index is 930. The van der Waals surface area contributed by atoms with Gasteiger partial charge >= 0.3 is 5.97 Å². The van der Waals surface area contributed by atoms with E-state index >= 15 is 0 Å². The average molecular weight is 310 g/mol. The fourth-order valence-electron chi connectivity index (χ4n) is 2.47. The Morgan fingerprint density at radius 1 is 1.30 bits per heavy atom. The Morgan fingerprint density at radius 3 is 2.78 bits per heavy atom. The van der Waals surface area contributed by atoms with E-state index < -0.39 is 5.97 Å². The first-order valence-corrected chi connectivity index (χ1v) is 6.91. The summed E-state index contributed by atoms with van der Waals surface area (Å²) in [5, 5.41) is 16.3. The maximum atomic E-state index is 11.7. The number of hydrogen-bond donors (Lipinski definition) is 2. The van der Waals surface area contributed by atoms with Gasteiger partial charge in [0.25, 0.3) is 0 Å². The minimum Gasteiger partial charge on any atom is -0.478 e. The molecule has 0 aliphatic rings. The number of nitrogens with zero attached hydrogens (tertiary/aromatic N) is 3. The molecular weight excluding hydrogens is 296 g/mol. The Kier molecular flexibility index (Phi) is 3.53. The molecule has 2 heterocycles. The Morgan fingerprint density at radius 2 is 2.09 bits per heavy atom. The fourth-order valence-corrected chi connectivity index (χ4v) is 2.47. The zero-order valence-electron chi connectivity index (χ0n) is 12.6. The van der Waals surface area contributed by atoms with Crippen molar-refractivity contribution in [3.05, 3.63) is 53.5 Å². The predicted molar refractivity (Wildman–Crippen MR) is 84.4 cm³/mol. The molecular formula is C16H14N4O3. The van der Waals surface area contributed by atoms with E-state index in [1.54, 1.807) is 22.8 Å². The molecule has 2 aromatic heterocycles. The van der Waals surface area contributed by atoms with Crippen molar-refractivity contribution in [2.45, 2.75) is 13.8 Å². The number of nitrogens with one attached hydrogen (secondary N) is 1. The normalized spacial score (nSPS) is 10.7. The van der Waals surface area contributed by atoms with Gasteiger partial charge in [-0.1, -0.05) is 6.07 Å². The lowest BCUT2D eigenvalue weighted by Crippen LogP contribution is -2.02. The standard InChI is InChI=1S/C16H14N4O3/c1-9-13(10(2)21)7-20-14(9)15(17-8-18-20)19-12-5-3-4-11(6-12)16(22)23/h3-8H,1-2H3,(H,22,23)(H,17,18,19). The second-order valence-electron chi connectivity index (χ2n) is 5.14. The molecule has 0 saturated carbocycles. The Balaban J connectivity index is 2.08. The molecule has 0 spiro atoms. The number of carbonyl (C=O) groups excluding carboxylic acids is 1. The third kappa shape index (κ3) is 2.64. The first-order valence-electron chi connectivity index (χ1n) is 6.91. The third-order valence-corrected chi connectivity index (χ3v) is 3.58. The number of carboxylic acids is 1. The summed E-state index contributed by atoms with van der Waals surface area (Å²) < 4.78 is 1.59. The van der Waals surface area contributed by atoms with E-state index in [1.165, 1.54) is 25.4 Å². The molecule has 0 atom stereocenters. The zero-order valence-corrected chi connectivity index (χ0v) is 12.6. The maximum absolute atomic E-state index is 11.7. The van der Waals surface area contributed by atoms with E-state index in [0.29, 0.717) is 22.6 Å². The average Bonchev–Trinajstić information content (AvgIpc) is 2.86. The molecule has 0 saturated heterocycles. The molecule has 3 aromatic rings. The number of carboxylic acid groups (broad SMARTS) is 1. The van der Waals surface area contributed by atoms with Crippen LogP contribution in [0.15, 0.2) is 36.8 Å². The van der Waals surface area contributed by atoms with E-state index in [0.717, 1.165) is 5.56 Å². The molecule has 23 heavy (non-hydrogen) atoms. The summed E-state index contributed by atoms with van der Waals surface area (Å²) in [7, 11) is 0. The number of aromatic carboxylic acids is 1. The van der Waals surface area contributed by atoms with Crippen LogP contribution in [0.1, 0.15) is 33.2 Å². The van der Waals surface area contributed by atoms with Gasteiger partial charge in [-0.2, -0.15) is 5.10 Å². The van der Waals surface area contributed by atoms with Gasteiger partial charge in [0.05, 0.1) is 5.56 Å². The highest BCUT2D eigenvalue weighted by molar-refractivity contribution is 5.99. The molecule has 0 aliphatic heterocycles. The van der Waals surface area contributed by atoms with E-state index in [2.05, 4.69) is 15.4 Å². The predicted octanol–water partition coefficient (Wildman–Crippen LogP) is 2.68. The molecule has 0 radical (unpaired) electrons. The number of Topliss-reactive ketones (excluding diaryl/α,β-unsaturated/α-hetero) is 1. The lowest BCUT2D eigenvalue weighted by atomic mass is 10.1. The van der Waals surface area contributed by atoms with Gasteiger partial charge in [0.15, 0.2) is 11.6 Å². The van der Waals surface area contributed by atoms with Crippen LogP contribution in [0.2, 0.25) is 0 Å². The van der Waals surface area contributed by atoms with Crippen LogP contribution in [-0.4, -0.2) is 31.5 Å². The van der Waals surface area contributed by atoms with Crippen LogP contribution in [-0.2, 0) is 0 Å². The highest BCUT2D eigenvalue weighted by Crippen LogP contribution is 2.25. The van der Waals surface area contributed by atoms with Crippen molar-refractivity contribution < 1.29 is 14.7 Å². The lowest BCUT2D eigenvalue weighted by molar-refractivity contribution is 0.0696. The summed E-state index contributed by atoms with van der Waals surface area (Å²) in [5.74, 6) is -0.543. The van der Waals surface area contributed by atoms with Gasteiger partial charge in [0.2, 0.25) is 0 Å². The number of benzene rings is 1. The molecule has 0 unspecified atom stereocenters. The van der Waals surface area contributed by atoms with Crippen molar-refractivity contribution >= 4 is 28.8 Å². The Labute approximate surface area is 131 Å². The fraction of sp³-hybridized carbons (Fsp3) is 0.125. The summed E-state index contributed by atoms with van der Waals surface area (Å²) in [4.78, 5) is 26.9. The second kappa shape index (κ2) is 5.53. The van der Waals surface area contributed by atoms with Gasteiger partial charge in [-0.05, 0) is 37.6 Å². The van der Waals surface area contributed by atoms with E-state index in [-0.39, 0.29) is 11.3 Å². The summed E-state index contributed by atoms with van der Waals surface area (Å²) in [5.41, 5.74) is 2.80. The molecule has 0 bridgehead atoms. The zero-order chi connectivity index (χ0) is 16.6. The van der Waals surface area contributed by atoms with Crippen LogP contribution >= 0.6 is 0 Å². The van der Waals surface area contributed by atoms with Gasteiger partial charge in [-0.3, -0.25) is 4.79 Å². The maximum Gasteiger partial charge on any atom is 0.335 e. The first kappa shape index (κ1) is 14.7. The van der Waals surface area contributed by atoms with Gasteiger partial charge in [-0.25, -0.2) is 14.3 Å². The number of aromatic nitrogens is 3. The number of fused-ring (bicyclic) bond motifs is 1. The van der Waals surface area contributed by atoms with Gasteiger partial charge in [0, 0.05) is 17.4 Å². The largest absolute Gasteiger partial charge is 0.478 e. The lowest BCUT2D eigenvalue weighted by Gasteiger charge is -2.08. The number of hydrogen-bond acceptors (Lipinski definition) is 5. The second-order valence-corrected chi connectivity index (χ2v) is 5.14. The van der Waals surface area contributed by atoms with Crippen molar-refractivity contribution in [3.8, 4) is 0 Å². The van der Waals surface area contributed by atoms with Gasteiger partial charge in [-0.15, -0.1) is 0 Å². The van der Waals surface area contributed by atoms with Crippen LogP contribution in [0, 0.1) is 6.92 Å². The number of carbonyl (C=O) groups is 2. The van der Waals surface area contributed by atoms with E-state index in [9.17, 15) is 9.59 Å². The van der Waals surface area contributed by atoms with Gasteiger partial charge in [0.1, 0.15) is 11.8 Å². The number of aryl methyl sites for hydroxylation is 1. The van der Waals surface area contributed by atoms with Crippen molar-refractivity contribution in [2.24, 2.45) is 0 Å². The topological polar surface area (TPSA) is 96.6 Å². The van der Waals surface area contributed by atoms with Crippen LogP contribution in [0.3, 0.4) is 0 Å². The van der Waals surface area contributed by atoms with Crippen molar-refractivity contribution in [1.82, 2.24) is 14.6 Å². The third-order valence-electron chi connectivity index (χ3n) is 3.58. The number of rotatable bonds is 4. The van der Waals surface area contributed by atoms with Crippen LogP contribution < -0.4 is 5.32 Å². The molecule has 0 fully saturated rings. The molecule has 0 amide bonds. The SMILES string of the molecule is CC(=O)c1cn2ncnc(Nc3cccc(C(=O)O)c3)c2c1C. The summed E-state index contributed by atoms with van der Waals surface area (Å²) >= 11 is 0. The van der Waals surface area contributed by atoms with Crippen molar-refractivity contribution in [1.29, 1.82) is 0 Å². The van der Waals surface area contributed by atoms with E-state index in [4.69, 9.17) is 5.11 Å². The summed E-state index contributed by atoms with van der Waals surface area (Å²) in [6, 6.07) is 6.43. The summed E-state index contributed by atoms with van der Waals surface area (Å²) in [6.07, 6.45) is 3.03. The molecule has 0 aliphatic carbocycles. The van der Waals surface area contributed by atoms with Crippen LogP contribution in [0.4, 0.5) is 11.5 Å². The molecule has 2 N–H and O–H groups in total. The van der Waals surface area contributed by atoms with Gasteiger partial charge < -0.3 is 10.4 Å². The van der Waals surface area contributed by atoms with Crippen LogP contribution in [0.25, 0.3) is 5.52 Å². The molecule has 7 nitrogen and oxygen atoms in total. The van der Waals surface area contributed by atoms with E-state index in [1.807, 2.05) is 6.92 Å². The van der Waals surface area contributed by atoms with Crippen molar-refractivity contribution in [3.63, 3.8) is 0 Å². The minimum absolute atomic E-state index is 0.0492. The highest BCUT2D eigenvalue weighted by atomic mass is 16.4. The molecule has 1 aromatic carbocycles. The highest BCUT2D eigenvalue weighted by Gasteiger charge is 2.15. The number of anilines is 2. The monoisotopic (exact) mass is 310 g/mol. The smallest absolute Gasteiger partial charge is 0.335 e. The molecule has 7 heteroatoms. The summed E-state index contributed by atoms with van der Waals surface area (Å²) in [6.45, 7) is 3.33. The van der Waals surface area contributed by atoms with Crippen molar-refractivity contribution in [2.75, 3.05) is 5.32 Å². The quantitative estimate of drug-likeness (QED) is 0.719. The Hall–Kier alpha value is -3.22. The van der Waals surface area contributed by atoms with Crippen LogP contribution in [0.5, 0.6) is 0 Å². The molecule has 3 rings (SSSR count). The molecule has 116 valence electrons.